The van der Waals surface area contributed by atoms with Gasteiger partial charge < -0.3 is 115 Å². The molecule has 30 heteroatoms. The van der Waals surface area contributed by atoms with E-state index in [2.05, 4.69) is 41.9 Å². The third-order valence-corrected chi connectivity index (χ3v) is 13.6. The van der Waals surface area contributed by atoms with Crippen LogP contribution in [0.25, 0.3) is 0 Å². The number of carbonyl (C=O) groups is 6. The molecule has 5 amide bonds. The Labute approximate surface area is 450 Å². The molecule has 18 atom stereocenters. The number of carbonyl (C=O) groups excluding carboxylic acids is 5. The van der Waals surface area contributed by atoms with Crippen molar-refractivity contribution in [3.63, 3.8) is 0 Å². The van der Waals surface area contributed by atoms with Crippen LogP contribution in [0.2, 0.25) is 0 Å². The number of amides is 5. The second-order valence-corrected chi connectivity index (χ2v) is 19.5. The average Bonchev–Trinajstić information content (AvgIpc) is 3.97. The van der Waals surface area contributed by atoms with Crippen LogP contribution in [0.1, 0.15) is 71.3 Å². The number of nitrogens with zero attached hydrogens (tertiary/aromatic N) is 2. The number of ether oxygens (including phenoxy) is 4. The largest absolute Gasteiger partial charge is 0.480 e. The molecule has 3 saturated heterocycles. The minimum Gasteiger partial charge on any atom is -0.480 e. The Hall–Kier alpha value is -5.90. The summed E-state index contributed by atoms with van der Waals surface area (Å²) in [6, 6.07) is 0.317. The highest BCUT2D eigenvalue weighted by molar-refractivity contribution is 5.97. The topological polar surface area (TPSA) is 502 Å². The minimum absolute atomic E-state index is 0.0257. The Kier molecular flexibility index (Phi) is 26.2. The predicted octanol–water partition coefficient (Wildman–Crippen LogP) is -7.33. The number of rotatable bonds is 30. The molecule has 0 saturated carbocycles. The number of benzene rings is 1. The number of nitrogens with one attached hydrogen (secondary N) is 6. The SMILES string of the molecule is CC[C@H](C)[C@H](NC(=O)[C@@H]1CCCN1)C(=O)N[C@@H](Cc1ccccc1)C(=O)N[C@H](C(=O)N[C@@H](CCCN=C(N)N)C(=O)N[C@@H](CCCN=C(N)N)C(=O)O)[C@@H](C)O[C@H]1O[C@H](CO)[C@@H](O[C@@H]2O[C@H](CO)[C@H](O)[C@H](O)[C@H]2O)[C@H](O)[C@H]1O. The molecular formula is C48H80N12O18. The van der Waals surface area contributed by atoms with Crippen molar-refractivity contribution < 1.29 is 88.6 Å². The Morgan fingerprint density at radius 2 is 1.24 bits per heavy atom. The number of aliphatic hydroxyl groups is 7. The molecule has 0 spiro atoms. The summed E-state index contributed by atoms with van der Waals surface area (Å²) in [6.07, 6.45) is -18.7. The second kappa shape index (κ2) is 31.6. The van der Waals surface area contributed by atoms with Gasteiger partial charge in [0, 0.05) is 19.5 Å². The van der Waals surface area contributed by atoms with Gasteiger partial charge in [-0.05, 0) is 63.5 Å². The van der Waals surface area contributed by atoms with Crippen LogP contribution in [0.3, 0.4) is 0 Å². The number of aliphatic carboxylic acids is 1. The summed E-state index contributed by atoms with van der Waals surface area (Å²) >= 11 is 0. The van der Waals surface area contributed by atoms with E-state index in [1.165, 1.54) is 6.92 Å². The molecule has 0 aliphatic carbocycles. The molecule has 0 bridgehead atoms. The summed E-state index contributed by atoms with van der Waals surface area (Å²) in [7, 11) is 0. The van der Waals surface area contributed by atoms with Crippen LogP contribution in [-0.2, 0) is 54.1 Å². The maximum absolute atomic E-state index is 14.8. The fourth-order valence-corrected chi connectivity index (χ4v) is 8.86. The molecule has 3 heterocycles. The molecule has 30 nitrogen and oxygen atoms in total. The number of carboxylic acid groups (broad SMARTS) is 1. The molecule has 78 heavy (non-hydrogen) atoms. The van der Waals surface area contributed by atoms with Crippen LogP contribution in [0.4, 0.5) is 0 Å². The van der Waals surface area contributed by atoms with E-state index in [1.807, 2.05) is 6.92 Å². The maximum Gasteiger partial charge on any atom is 0.326 e. The maximum atomic E-state index is 14.8. The average molecular weight is 1110 g/mol. The van der Waals surface area contributed by atoms with Gasteiger partial charge in [0.05, 0.1) is 25.4 Å². The molecule has 0 radical (unpaired) electrons. The Bertz CT molecular complexity index is 2150. The van der Waals surface area contributed by atoms with E-state index >= 15 is 0 Å². The van der Waals surface area contributed by atoms with Gasteiger partial charge in [-0.15, -0.1) is 0 Å². The monoisotopic (exact) mass is 1110 g/mol. The lowest BCUT2D eigenvalue weighted by Gasteiger charge is -2.46. The zero-order valence-corrected chi connectivity index (χ0v) is 43.8. The molecular weight excluding hydrogens is 1030 g/mol. The van der Waals surface area contributed by atoms with Crippen molar-refractivity contribution in [2.24, 2.45) is 38.8 Å². The van der Waals surface area contributed by atoms with E-state index in [1.54, 1.807) is 37.3 Å². The van der Waals surface area contributed by atoms with Crippen molar-refractivity contribution in [1.82, 2.24) is 31.9 Å². The fraction of sp³-hybridized carbons (Fsp3) is 0.708. The highest BCUT2D eigenvalue weighted by atomic mass is 16.7. The lowest BCUT2D eigenvalue weighted by atomic mass is 9.96. The molecule has 1 aromatic carbocycles. The first-order valence-electron chi connectivity index (χ1n) is 25.9. The van der Waals surface area contributed by atoms with Crippen molar-refractivity contribution in [2.75, 3.05) is 32.8 Å². The summed E-state index contributed by atoms with van der Waals surface area (Å²) < 4.78 is 22.9. The highest BCUT2D eigenvalue weighted by Crippen LogP contribution is 2.30. The minimum atomic E-state index is -2.12. The first-order valence-corrected chi connectivity index (χ1v) is 25.9. The third-order valence-electron chi connectivity index (χ3n) is 13.6. The number of hydrogen-bond acceptors (Lipinski definition) is 20. The van der Waals surface area contributed by atoms with Crippen LogP contribution in [-0.4, -0.2) is 225 Å². The van der Waals surface area contributed by atoms with Gasteiger partial charge in [0.1, 0.15) is 79.0 Å². The molecule has 3 fully saturated rings. The van der Waals surface area contributed by atoms with Crippen molar-refractivity contribution in [3.05, 3.63) is 35.9 Å². The zero-order chi connectivity index (χ0) is 57.8. The lowest BCUT2D eigenvalue weighted by Crippen LogP contribution is -2.66. The van der Waals surface area contributed by atoms with E-state index in [9.17, 15) is 69.6 Å². The lowest BCUT2D eigenvalue weighted by molar-refractivity contribution is -0.362. The van der Waals surface area contributed by atoms with Gasteiger partial charge in [0.15, 0.2) is 24.5 Å². The van der Waals surface area contributed by atoms with Crippen LogP contribution in [0, 0.1) is 5.92 Å². The van der Waals surface area contributed by atoms with Gasteiger partial charge in [0.25, 0.3) is 0 Å². The zero-order valence-electron chi connectivity index (χ0n) is 43.8. The van der Waals surface area contributed by atoms with Gasteiger partial charge in [-0.1, -0.05) is 50.6 Å². The summed E-state index contributed by atoms with van der Waals surface area (Å²) in [6.45, 7) is 3.59. The van der Waals surface area contributed by atoms with E-state index in [0.29, 0.717) is 24.9 Å². The van der Waals surface area contributed by atoms with E-state index in [-0.39, 0.29) is 57.1 Å². The number of carboxylic acids is 1. The van der Waals surface area contributed by atoms with Crippen molar-refractivity contribution in [1.29, 1.82) is 0 Å². The first-order chi connectivity index (χ1) is 37.0. The van der Waals surface area contributed by atoms with Crippen molar-refractivity contribution in [2.45, 2.75) is 176 Å². The molecule has 0 aromatic heterocycles. The number of aliphatic imine (C=N–C) groups is 2. The van der Waals surface area contributed by atoms with Crippen LogP contribution >= 0.6 is 0 Å². The van der Waals surface area contributed by atoms with E-state index < -0.39 is 158 Å². The predicted molar refractivity (Wildman–Crippen MR) is 275 cm³/mol. The molecule has 4 rings (SSSR count). The number of aliphatic hydroxyl groups excluding tert-OH is 7. The molecule has 0 unspecified atom stereocenters. The van der Waals surface area contributed by atoms with Crippen LogP contribution in [0.15, 0.2) is 40.3 Å². The number of nitrogens with two attached hydrogens (primary N) is 4. The summed E-state index contributed by atoms with van der Waals surface area (Å²) in [4.78, 5) is 91.4. The van der Waals surface area contributed by atoms with Crippen molar-refractivity contribution >= 4 is 47.4 Å². The molecule has 3 aliphatic rings. The standard InChI is InChI=1S/C48H80N12O18/c1-4-22(2)31(59-39(68)25-13-8-16-53-25)42(71)58-28(19-24-11-6-5-7-12-24)41(70)60-32(43(72)56-26(14-9-17-54-47(49)50)40(69)57-27(44(73)74)15-10-18-55-48(51)52)23(3)75-45-37(67)35(65)38(30(21-62)77-45)78-46-36(66)34(64)33(63)29(20-61)76-46/h5-7,11-12,22-23,25-38,45-46,53,61-67H,4,8-10,13-21H2,1-3H3,(H,56,72)(H,57,69)(H,58,71)(H,59,68)(H,60,70)(H,73,74)(H4,49,50,54)(H4,51,52,55)/t22-,23+,25-,26-,27-,28-,29+,30+,31-,32-,33-,34-,35+,36+,37+,38+,45-,46-/m0/s1. The Morgan fingerprint density at radius 1 is 0.692 bits per heavy atom. The van der Waals surface area contributed by atoms with Crippen LogP contribution in [0.5, 0.6) is 0 Å². The van der Waals surface area contributed by atoms with Gasteiger partial charge >= 0.3 is 5.97 Å². The van der Waals surface area contributed by atoms with Gasteiger partial charge in [-0.2, -0.15) is 0 Å². The van der Waals surface area contributed by atoms with Crippen molar-refractivity contribution in [3.8, 4) is 0 Å². The highest BCUT2D eigenvalue weighted by Gasteiger charge is 2.52. The van der Waals surface area contributed by atoms with Gasteiger partial charge in [-0.25, -0.2) is 4.79 Å². The number of guanidine groups is 2. The summed E-state index contributed by atoms with van der Waals surface area (Å²) in [5.74, 6) is -6.67. The Morgan fingerprint density at radius 3 is 1.81 bits per heavy atom. The second-order valence-electron chi connectivity index (χ2n) is 19.5. The van der Waals surface area contributed by atoms with Gasteiger partial charge in [0.2, 0.25) is 29.5 Å². The number of hydrogen-bond donors (Lipinski definition) is 18. The quantitative estimate of drug-likeness (QED) is 0.0193. The third kappa shape index (κ3) is 18.9. The molecule has 440 valence electrons. The normalized spacial score (nSPS) is 27.7. The van der Waals surface area contributed by atoms with E-state index in [4.69, 9.17) is 41.9 Å². The molecule has 22 N–H and O–H groups in total. The van der Waals surface area contributed by atoms with Gasteiger partial charge in [-0.3, -0.25) is 34.0 Å². The molecule has 3 aliphatic heterocycles. The summed E-state index contributed by atoms with van der Waals surface area (Å²) in [5.41, 5.74) is 22.3. The molecule has 1 aromatic rings. The fourth-order valence-electron chi connectivity index (χ4n) is 8.86. The Balaban J connectivity index is 1.71. The van der Waals surface area contributed by atoms with Crippen LogP contribution < -0.4 is 54.8 Å². The smallest absolute Gasteiger partial charge is 0.326 e. The van der Waals surface area contributed by atoms with E-state index in [0.717, 1.165) is 6.42 Å². The first kappa shape index (κ1) is 64.6. The summed E-state index contributed by atoms with van der Waals surface area (Å²) in [5, 5.41) is 100.